The molecule has 1 heterocycles. The average Bonchev–Trinajstić information content (AvgIpc) is 3.05. The molecule has 116 valence electrons. The summed E-state index contributed by atoms with van der Waals surface area (Å²) >= 11 is 1.93. The standard InChI is InChI=1S/C16H30N2OS/c1-13-16(19)18(11-7-3-4-8-12-20-2)15(17-13)14-9-5-6-10-14/h13-15,17H,3-12H2,1-2H3. The van der Waals surface area contributed by atoms with Crippen molar-refractivity contribution in [3.63, 3.8) is 0 Å². The molecule has 2 unspecified atom stereocenters. The van der Waals surface area contributed by atoms with Gasteiger partial charge in [0.1, 0.15) is 0 Å². The summed E-state index contributed by atoms with van der Waals surface area (Å²) in [5, 5.41) is 3.53. The predicted molar refractivity (Wildman–Crippen MR) is 86.9 cm³/mol. The van der Waals surface area contributed by atoms with E-state index in [4.69, 9.17) is 0 Å². The van der Waals surface area contributed by atoms with E-state index in [1.807, 2.05) is 18.7 Å². The minimum atomic E-state index is 0.0251. The van der Waals surface area contributed by atoms with Crippen molar-refractivity contribution in [2.75, 3.05) is 18.6 Å². The molecule has 0 aromatic carbocycles. The lowest BCUT2D eigenvalue weighted by Crippen LogP contribution is -2.43. The molecule has 1 aliphatic carbocycles. The molecule has 4 heteroatoms. The molecule has 1 saturated carbocycles. The topological polar surface area (TPSA) is 32.3 Å². The molecule has 2 fully saturated rings. The highest BCUT2D eigenvalue weighted by molar-refractivity contribution is 7.98. The van der Waals surface area contributed by atoms with Gasteiger partial charge in [-0.25, -0.2) is 0 Å². The molecule has 1 saturated heterocycles. The molecular formula is C16H30N2OS. The van der Waals surface area contributed by atoms with Gasteiger partial charge in [-0.2, -0.15) is 11.8 Å². The van der Waals surface area contributed by atoms with Crippen molar-refractivity contribution < 1.29 is 4.79 Å². The third kappa shape index (κ3) is 4.14. The molecule has 1 N–H and O–H groups in total. The van der Waals surface area contributed by atoms with Crippen LogP contribution in [0.25, 0.3) is 0 Å². The summed E-state index contributed by atoms with van der Waals surface area (Å²) in [5.74, 6) is 2.29. The molecule has 20 heavy (non-hydrogen) atoms. The summed E-state index contributed by atoms with van der Waals surface area (Å²) in [5.41, 5.74) is 0. The van der Waals surface area contributed by atoms with E-state index >= 15 is 0 Å². The van der Waals surface area contributed by atoms with Crippen LogP contribution in [0.15, 0.2) is 0 Å². The Bertz CT molecular complexity index is 305. The van der Waals surface area contributed by atoms with Gasteiger partial charge in [-0.1, -0.05) is 25.7 Å². The molecule has 0 spiro atoms. The first-order valence-electron chi connectivity index (χ1n) is 8.29. The lowest BCUT2D eigenvalue weighted by Gasteiger charge is -2.29. The Hall–Kier alpha value is -0.220. The van der Waals surface area contributed by atoms with E-state index in [0.29, 0.717) is 18.0 Å². The van der Waals surface area contributed by atoms with Crippen LogP contribution in [-0.4, -0.2) is 41.6 Å². The zero-order chi connectivity index (χ0) is 14.4. The number of nitrogens with zero attached hydrogens (tertiary/aromatic N) is 1. The van der Waals surface area contributed by atoms with E-state index < -0.39 is 0 Å². The molecule has 2 aliphatic rings. The van der Waals surface area contributed by atoms with Crippen molar-refractivity contribution in [3.05, 3.63) is 0 Å². The van der Waals surface area contributed by atoms with Crippen LogP contribution in [0.3, 0.4) is 0 Å². The van der Waals surface area contributed by atoms with Crippen molar-refractivity contribution in [1.29, 1.82) is 0 Å². The van der Waals surface area contributed by atoms with Gasteiger partial charge in [0.15, 0.2) is 0 Å². The molecule has 0 radical (unpaired) electrons. The van der Waals surface area contributed by atoms with Gasteiger partial charge >= 0.3 is 0 Å². The van der Waals surface area contributed by atoms with Gasteiger partial charge in [-0.05, 0) is 50.5 Å². The number of unbranched alkanes of at least 4 members (excludes halogenated alkanes) is 3. The van der Waals surface area contributed by atoms with E-state index in [9.17, 15) is 4.79 Å². The maximum absolute atomic E-state index is 12.3. The Morgan fingerprint density at radius 2 is 1.90 bits per heavy atom. The summed E-state index contributed by atoms with van der Waals surface area (Å²) in [7, 11) is 0. The second kappa shape index (κ2) is 8.28. The number of rotatable bonds is 8. The number of thioether (sulfide) groups is 1. The van der Waals surface area contributed by atoms with Crippen LogP contribution in [0.5, 0.6) is 0 Å². The first-order valence-corrected chi connectivity index (χ1v) is 9.69. The van der Waals surface area contributed by atoms with E-state index in [2.05, 4.69) is 16.5 Å². The fourth-order valence-electron chi connectivity index (χ4n) is 3.60. The lowest BCUT2D eigenvalue weighted by molar-refractivity contribution is -0.130. The van der Waals surface area contributed by atoms with Crippen molar-refractivity contribution in [2.24, 2.45) is 5.92 Å². The number of amides is 1. The summed E-state index contributed by atoms with van der Waals surface area (Å²) in [6.45, 7) is 2.97. The second-order valence-electron chi connectivity index (χ2n) is 6.32. The Morgan fingerprint density at radius 1 is 1.20 bits per heavy atom. The number of nitrogens with one attached hydrogen (secondary N) is 1. The minimum absolute atomic E-state index is 0.0251. The van der Waals surface area contributed by atoms with Crippen molar-refractivity contribution in [3.8, 4) is 0 Å². The third-order valence-corrected chi connectivity index (χ3v) is 5.45. The van der Waals surface area contributed by atoms with E-state index in [-0.39, 0.29) is 6.04 Å². The van der Waals surface area contributed by atoms with Crippen LogP contribution < -0.4 is 5.32 Å². The zero-order valence-corrected chi connectivity index (χ0v) is 13.9. The molecule has 0 aromatic heterocycles. The number of carbonyl (C=O) groups is 1. The molecule has 0 aromatic rings. The monoisotopic (exact) mass is 298 g/mol. The second-order valence-corrected chi connectivity index (χ2v) is 7.30. The highest BCUT2D eigenvalue weighted by Gasteiger charge is 2.40. The third-order valence-electron chi connectivity index (χ3n) is 4.75. The average molecular weight is 298 g/mol. The van der Waals surface area contributed by atoms with Crippen LogP contribution >= 0.6 is 11.8 Å². The molecule has 2 atom stereocenters. The molecular weight excluding hydrogens is 268 g/mol. The zero-order valence-electron chi connectivity index (χ0n) is 13.1. The first-order chi connectivity index (χ1) is 9.74. The van der Waals surface area contributed by atoms with E-state index in [1.54, 1.807) is 0 Å². The van der Waals surface area contributed by atoms with E-state index in [1.165, 1.54) is 50.7 Å². The summed E-state index contributed by atoms with van der Waals surface area (Å²) < 4.78 is 0. The van der Waals surface area contributed by atoms with Crippen LogP contribution in [0.2, 0.25) is 0 Å². The number of hydrogen-bond acceptors (Lipinski definition) is 3. The van der Waals surface area contributed by atoms with Crippen LogP contribution in [0.1, 0.15) is 58.3 Å². The van der Waals surface area contributed by atoms with Crippen LogP contribution in [0.4, 0.5) is 0 Å². The fourth-order valence-corrected chi connectivity index (χ4v) is 4.09. The minimum Gasteiger partial charge on any atom is -0.326 e. The SMILES string of the molecule is CSCCCCCCN1C(=O)C(C)NC1C1CCCC1. The highest BCUT2D eigenvalue weighted by atomic mass is 32.2. The quantitative estimate of drug-likeness (QED) is 0.698. The molecule has 1 amide bonds. The predicted octanol–water partition coefficient (Wildman–Crippen LogP) is 3.25. The first kappa shape index (κ1) is 16.2. The summed E-state index contributed by atoms with van der Waals surface area (Å²) in [6.07, 6.45) is 12.8. The molecule has 1 aliphatic heterocycles. The lowest BCUT2D eigenvalue weighted by atomic mass is 10.0. The summed E-state index contributed by atoms with van der Waals surface area (Å²) in [6, 6.07) is 0.0251. The van der Waals surface area contributed by atoms with Gasteiger partial charge in [-0.15, -0.1) is 0 Å². The normalized spacial score (nSPS) is 27.7. The number of hydrogen-bond donors (Lipinski definition) is 1. The highest BCUT2D eigenvalue weighted by Crippen LogP contribution is 2.32. The van der Waals surface area contributed by atoms with Gasteiger partial charge in [0.25, 0.3) is 0 Å². The largest absolute Gasteiger partial charge is 0.326 e. The van der Waals surface area contributed by atoms with Crippen LogP contribution in [0, 0.1) is 5.92 Å². The molecule has 2 rings (SSSR count). The van der Waals surface area contributed by atoms with Crippen molar-refractivity contribution in [2.45, 2.75) is 70.5 Å². The van der Waals surface area contributed by atoms with Crippen molar-refractivity contribution >= 4 is 17.7 Å². The summed E-state index contributed by atoms with van der Waals surface area (Å²) in [4.78, 5) is 14.4. The van der Waals surface area contributed by atoms with Gasteiger partial charge in [-0.3, -0.25) is 10.1 Å². The van der Waals surface area contributed by atoms with Gasteiger partial charge in [0.05, 0.1) is 12.2 Å². The maximum Gasteiger partial charge on any atom is 0.240 e. The van der Waals surface area contributed by atoms with Gasteiger partial charge in [0.2, 0.25) is 5.91 Å². The van der Waals surface area contributed by atoms with Gasteiger partial charge in [0, 0.05) is 6.54 Å². The molecule has 0 bridgehead atoms. The Morgan fingerprint density at radius 3 is 2.60 bits per heavy atom. The van der Waals surface area contributed by atoms with Crippen molar-refractivity contribution in [1.82, 2.24) is 10.2 Å². The number of carbonyl (C=O) groups excluding carboxylic acids is 1. The van der Waals surface area contributed by atoms with E-state index in [0.717, 1.165) is 13.0 Å². The Kier molecular flexibility index (Phi) is 6.69. The fraction of sp³-hybridized carbons (Fsp3) is 0.938. The van der Waals surface area contributed by atoms with Gasteiger partial charge < -0.3 is 4.90 Å². The van der Waals surface area contributed by atoms with Crippen LogP contribution in [-0.2, 0) is 4.79 Å². The maximum atomic E-state index is 12.3. The molecule has 3 nitrogen and oxygen atoms in total. The Labute approximate surface area is 128 Å². The Balaban J connectivity index is 1.75. The smallest absolute Gasteiger partial charge is 0.240 e.